The van der Waals surface area contributed by atoms with Gasteiger partial charge in [0, 0.05) is 26.4 Å². The molecule has 6 nitrogen and oxygen atoms in total. The molecule has 6 heteroatoms. The smallest absolute Gasteiger partial charge is 0.223 e. The zero-order chi connectivity index (χ0) is 10.7. The highest BCUT2D eigenvalue weighted by Crippen LogP contribution is 2.08. The second-order valence-electron chi connectivity index (χ2n) is 3.15. The van der Waals surface area contributed by atoms with E-state index in [0.717, 1.165) is 5.82 Å². The highest BCUT2D eigenvalue weighted by molar-refractivity contribution is 5.33. The van der Waals surface area contributed by atoms with Gasteiger partial charge in [0.25, 0.3) is 0 Å². The standard InChI is InChI=1S/C9H11N5O/c1-7-12-8(13-15-7)6-14(2)9-5-10-3-4-11-9/h3-5H,6H2,1-2H3. The highest BCUT2D eigenvalue weighted by Gasteiger charge is 2.07. The van der Waals surface area contributed by atoms with Crippen LogP contribution >= 0.6 is 0 Å². The van der Waals surface area contributed by atoms with Crippen LogP contribution in [0.25, 0.3) is 0 Å². The Hall–Kier alpha value is -1.98. The molecule has 2 aromatic heterocycles. The number of rotatable bonds is 3. The lowest BCUT2D eigenvalue weighted by Gasteiger charge is -2.14. The van der Waals surface area contributed by atoms with Crippen LogP contribution in [0, 0.1) is 6.92 Å². The normalized spacial score (nSPS) is 10.3. The van der Waals surface area contributed by atoms with Crippen molar-refractivity contribution in [2.75, 3.05) is 11.9 Å². The molecule has 0 saturated heterocycles. The molecule has 0 aliphatic carbocycles. The van der Waals surface area contributed by atoms with E-state index < -0.39 is 0 Å². The van der Waals surface area contributed by atoms with E-state index in [-0.39, 0.29) is 0 Å². The molecule has 78 valence electrons. The first kappa shape index (κ1) is 9.57. The van der Waals surface area contributed by atoms with Crippen molar-refractivity contribution in [2.45, 2.75) is 13.5 Å². The van der Waals surface area contributed by atoms with E-state index in [1.54, 1.807) is 25.5 Å². The van der Waals surface area contributed by atoms with Crippen LogP contribution in [-0.4, -0.2) is 27.2 Å². The third-order valence-corrected chi connectivity index (χ3v) is 1.89. The largest absolute Gasteiger partial charge is 0.351 e. The summed E-state index contributed by atoms with van der Waals surface area (Å²) >= 11 is 0. The average molecular weight is 205 g/mol. The van der Waals surface area contributed by atoms with Crippen molar-refractivity contribution in [3.63, 3.8) is 0 Å². The molecule has 0 saturated carbocycles. The molecular formula is C9H11N5O. The van der Waals surface area contributed by atoms with E-state index >= 15 is 0 Å². The molecule has 2 aromatic rings. The van der Waals surface area contributed by atoms with Gasteiger partial charge in [0.1, 0.15) is 5.82 Å². The van der Waals surface area contributed by atoms with E-state index in [2.05, 4.69) is 20.1 Å². The molecule has 0 atom stereocenters. The van der Waals surface area contributed by atoms with Crippen molar-refractivity contribution in [1.82, 2.24) is 20.1 Å². The van der Waals surface area contributed by atoms with E-state index in [9.17, 15) is 0 Å². The minimum Gasteiger partial charge on any atom is -0.351 e. The maximum absolute atomic E-state index is 4.88. The number of hydrogen-bond donors (Lipinski definition) is 0. The molecule has 0 radical (unpaired) electrons. The van der Waals surface area contributed by atoms with E-state index in [4.69, 9.17) is 4.52 Å². The van der Waals surface area contributed by atoms with Crippen molar-refractivity contribution in [1.29, 1.82) is 0 Å². The summed E-state index contributed by atoms with van der Waals surface area (Å²) in [6, 6.07) is 0. The van der Waals surface area contributed by atoms with E-state index in [1.807, 2.05) is 11.9 Å². The van der Waals surface area contributed by atoms with Gasteiger partial charge in [-0.2, -0.15) is 4.98 Å². The SMILES string of the molecule is Cc1nc(CN(C)c2cnccn2)no1. The van der Waals surface area contributed by atoms with Gasteiger partial charge < -0.3 is 9.42 Å². The summed E-state index contributed by atoms with van der Waals surface area (Å²) in [7, 11) is 1.90. The zero-order valence-electron chi connectivity index (χ0n) is 8.58. The van der Waals surface area contributed by atoms with E-state index in [1.165, 1.54) is 0 Å². The molecule has 15 heavy (non-hydrogen) atoms. The Balaban J connectivity index is 2.07. The molecule has 0 spiro atoms. The third-order valence-electron chi connectivity index (χ3n) is 1.89. The van der Waals surface area contributed by atoms with Crippen molar-refractivity contribution >= 4 is 5.82 Å². The second-order valence-corrected chi connectivity index (χ2v) is 3.15. The minimum atomic E-state index is 0.552. The molecular weight excluding hydrogens is 194 g/mol. The van der Waals surface area contributed by atoms with Gasteiger partial charge >= 0.3 is 0 Å². The van der Waals surface area contributed by atoms with Crippen molar-refractivity contribution in [3.8, 4) is 0 Å². The Labute approximate surface area is 87.0 Å². The lowest BCUT2D eigenvalue weighted by Crippen LogP contribution is -2.18. The van der Waals surface area contributed by atoms with Crippen LogP contribution in [0.2, 0.25) is 0 Å². The number of aryl methyl sites for hydroxylation is 1. The molecule has 0 fully saturated rings. The Morgan fingerprint density at radius 2 is 2.27 bits per heavy atom. The Kier molecular flexibility index (Phi) is 2.57. The highest BCUT2D eigenvalue weighted by atomic mass is 16.5. The Morgan fingerprint density at radius 1 is 1.40 bits per heavy atom. The lowest BCUT2D eigenvalue weighted by molar-refractivity contribution is 0.387. The summed E-state index contributed by atoms with van der Waals surface area (Å²) in [5.41, 5.74) is 0. The third kappa shape index (κ3) is 2.28. The predicted octanol–water partition coefficient (Wildman–Crippen LogP) is 0.804. The fourth-order valence-corrected chi connectivity index (χ4v) is 1.19. The van der Waals surface area contributed by atoms with Crippen LogP contribution in [0.15, 0.2) is 23.1 Å². The zero-order valence-corrected chi connectivity index (χ0v) is 8.58. The van der Waals surface area contributed by atoms with Crippen molar-refractivity contribution in [2.24, 2.45) is 0 Å². The van der Waals surface area contributed by atoms with Crippen molar-refractivity contribution < 1.29 is 4.52 Å². The van der Waals surface area contributed by atoms with Crippen LogP contribution in [0.1, 0.15) is 11.7 Å². The van der Waals surface area contributed by atoms with E-state index in [0.29, 0.717) is 18.3 Å². The number of anilines is 1. The van der Waals surface area contributed by atoms with Gasteiger partial charge in [0.05, 0.1) is 12.7 Å². The fourth-order valence-electron chi connectivity index (χ4n) is 1.19. The van der Waals surface area contributed by atoms with Gasteiger partial charge in [-0.25, -0.2) is 4.98 Å². The maximum atomic E-state index is 4.88. The molecule has 0 aliphatic rings. The summed E-state index contributed by atoms with van der Waals surface area (Å²) in [6.45, 7) is 2.31. The molecule has 0 N–H and O–H groups in total. The van der Waals surface area contributed by atoms with Gasteiger partial charge in [-0.15, -0.1) is 0 Å². The molecule has 0 unspecified atom stereocenters. The molecule has 2 rings (SSSR count). The first-order valence-electron chi connectivity index (χ1n) is 4.52. The van der Waals surface area contributed by atoms with Gasteiger partial charge in [0.15, 0.2) is 5.82 Å². The van der Waals surface area contributed by atoms with Crippen LogP contribution in [0.5, 0.6) is 0 Å². The average Bonchev–Trinajstić information content (AvgIpc) is 2.65. The van der Waals surface area contributed by atoms with Gasteiger partial charge in [-0.05, 0) is 0 Å². The summed E-state index contributed by atoms with van der Waals surface area (Å²) in [5, 5.41) is 3.81. The summed E-state index contributed by atoms with van der Waals surface area (Å²) in [6.07, 6.45) is 4.97. The Bertz CT molecular complexity index is 427. The molecule has 0 amide bonds. The fraction of sp³-hybridized carbons (Fsp3) is 0.333. The quantitative estimate of drug-likeness (QED) is 0.738. The van der Waals surface area contributed by atoms with Gasteiger partial charge in [-0.3, -0.25) is 4.98 Å². The molecule has 0 aromatic carbocycles. The van der Waals surface area contributed by atoms with Gasteiger partial charge in [0.2, 0.25) is 5.89 Å². The number of aromatic nitrogens is 4. The maximum Gasteiger partial charge on any atom is 0.223 e. The Morgan fingerprint density at radius 3 is 2.87 bits per heavy atom. The monoisotopic (exact) mass is 205 g/mol. The lowest BCUT2D eigenvalue weighted by atomic mass is 10.5. The minimum absolute atomic E-state index is 0.552. The summed E-state index contributed by atoms with van der Waals surface area (Å²) < 4.78 is 4.88. The van der Waals surface area contributed by atoms with Crippen LogP contribution in [-0.2, 0) is 6.54 Å². The van der Waals surface area contributed by atoms with Crippen molar-refractivity contribution in [3.05, 3.63) is 30.3 Å². The topological polar surface area (TPSA) is 67.9 Å². The predicted molar refractivity (Wildman–Crippen MR) is 53.2 cm³/mol. The summed E-state index contributed by atoms with van der Waals surface area (Å²) in [5.74, 6) is 1.98. The van der Waals surface area contributed by atoms with Gasteiger partial charge in [-0.1, -0.05) is 5.16 Å². The molecule has 0 bridgehead atoms. The van der Waals surface area contributed by atoms with Crippen LogP contribution < -0.4 is 4.90 Å². The molecule has 0 aliphatic heterocycles. The number of hydrogen-bond acceptors (Lipinski definition) is 6. The van der Waals surface area contributed by atoms with Crippen LogP contribution in [0.3, 0.4) is 0 Å². The second kappa shape index (κ2) is 4.04. The molecule has 2 heterocycles. The first-order chi connectivity index (χ1) is 7.25. The van der Waals surface area contributed by atoms with Crippen LogP contribution in [0.4, 0.5) is 5.82 Å². The number of nitrogens with zero attached hydrogens (tertiary/aromatic N) is 5. The first-order valence-corrected chi connectivity index (χ1v) is 4.52. The summed E-state index contributed by atoms with van der Waals surface area (Å²) in [4.78, 5) is 14.2.